The Labute approximate surface area is 112 Å². The maximum absolute atomic E-state index is 12.1. The van der Waals surface area contributed by atoms with Crippen molar-refractivity contribution in [1.29, 1.82) is 0 Å². The molecule has 0 aliphatic carbocycles. The van der Waals surface area contributed by atoms with Crippen LogP contribution in [0.5, 0.6) is 0 Å². The van der Waals surface area contributed by atoms with Gasteiger partial charge in [-0.15, -0.1) is 0 Å². The van der Waals surface area contributed by atoms with Crippen LogP contribution in [0.4, 0.5) is 4.79 Å². The van der Waals surface area contributed by atoms with Crippen LogP contribution >= 0.6 is 0 Å². The van der Waals surface area contributed by atoms with E-state index in [2.05, 4.69) is 5.32 Å². The van der Waals surface area contributed by atoms with Gasteiger partial charge in [-0.3, -0.25) is 0 Å². The first kappa shape index (κ1) is 12.4. The molecular weight excluding hydrogens is 244 g/mol. The third-order valence-electron chi connectivity index (χ3n) is 3.88. The van der Waals surface area contributed by atoms with Crippen molar-refractivity contribution in [2.75, 3.05) is 13.1 Å². The van der Waals surface area contributed by atoms with Crippen LogP contribution in [0.15, 0.2) is 30.3 Å². The Balaban J connectivity index is 1.59. The molecule has 2 heterocycles. The summed E-state index contributed by atoms with van der Waals surface area (Å²) in [6.07, 6.45) is 0.0539. The third-order valence-corrected chi connectivity index (χ3v) is 3.88. The van der Waals surface area contributed by atoms with Crippen molar-refractivity contribution in [1.82, 2.24) is 10.2 Å². The van der Waals surface area contributed by atoms with Crippen LogP contribution in [0.3, 0.4) is 0 Å². The number of aliphatic hydroxyl groups excluding tert-OH is 1. The van der Waals surface area contributed by atoms with Gasteiger partial charge in [0.25, 0.3) is 0 Å². The molecule has 2 aliphatic rings. The molecule has 2 N–H and O–H groups in total. The maximum atomic E-state index is 12.1. The maximum Gasteiger partial charge on any atom is 0.410 e. The minimum atomic E-state index is -0.489. The smallest absolute Gasteiger partial charge is 0.410 e. The first-order chi connectivity index (χ1) is 9.25. The minimum absolute atomic E-state index is 0.136. The number of carbonyl (C=O) groups is 1. The second-order valence-electron chi connectivity index (χ2n) is 5.09. The summed E-state index contributed by atoms with van der Waals surface area (Å²) >= 11 is 0. The van der Waals surface area contributed by atoms with Gasteiger partial charge in [-0.25, -0.2) is 4.79 Å². The Morgan fingerprint density at radius 3 is 3.00 bits per heavy atom. The number of hydrogen-bond acceptors (Lipinski definition) is 4. The molecule has 0 spiro atoms. The molecule has 2 fully saturated rings. The zero-order chi connectivity index (χ0) is 13.2. The van der Waals surface area contributed by atoms with Crippen molar-refractivity contribution < 1.29 is 14.6 Å². The molecule has 1 aromatic carbocycles. The van der Waals surface area contributed by atoms with E-state index in [0.29, 0.717) is 13.1 Å². The lowest BCUT2D eigenvalue weighted by atomic mass is 10.1. The Morgan fingerprint density at radius 2 is 2.21 bits per heavy atom. The van der Waals surface area contributed by atoms with Crippen molar-refractivity contribution in [2.45, 2.75) is 31.2 Å². The van der Waals surface area contributed by atoms with Crippen molar-refractivity contribution in [3.05, 3.63) is 35.9 Å². The fourth-order valence-corrected chi connectivity index (χ4v) is 2.92. The van der Waals surface area contributed by atoms with Crippen LogP contribution in [0, 0.1) is 0 Å². The van der Waals surface area contributed by atoms with Gasteiger partial charge in [-0.05, 0) is 12.0 Å². The highest BCUT2D eigenvalue weighted by Crippen LogP contribution is 2.26. The number of carbonyl (C=O) groups excluding carboxylic acids is 1. The first-order valence-corrected chi connectivity index (χ1v) is 6.64. The Kier molecular flexibility index (Phi) is 3.40. The number of β-amino-alcohol motifs (C(OH)–C–C–N with tert-alkyl or cyclic N) is 1. The fraction of sp³-hybridized carbons (Fsp3) is 0.500. The van der Waals surface area contributed by atoms with E-state index in [1.807, 2.05) is 30.3 Å². The predicted molar refractivity (Wildman–Crippen MR) is 69.5 cm³/mol. The average molecular weight is 262 g/mol. The standard InChI is InChI=1S/C14H18N2O3/c17-12-8-15-11-6-7-16(13(11)12)14(18)19-9-10-4-2-1-3-5-10/h1-5,11-13,15,17H,6-9H2/t11-,12+,13+/m1/s1. The van der Waals surface area contributed by atoms with Crippen LogP contribution in [-0.4, -0.2) is 47.4 Å². The summed E-state index contributed by atoms with van der Waals surface area (Å²) in [6, 6.07) is 9.68. The first-order valence-electron chi connectivity index (χ1n) is 6.64. The van der Waals surface area contributed by atoms with Gasteiger partial charge in [0, 0.05) is 19.1 Å². The summed E-state index contributed by atoms with van der Waals surface area (Å²) < 4.78 is 5.32. The van der Waals surface area contributed by atoms with Crippen LogP contribution in [0.1, 0.15) is 12.0 Å². The van der Waals surface area contributed by atoms with Crippen LogP contribution in [0.2, 0.25) is 0 Å². The number of ether oxygens (including phenoxy) is 1. The van der Waals surface area contributed by atoms with E-state index >= 15 is 0 Å². The molecule has 0 bridgehead atoms. The van der Waals surface area contributed by atoms with Crippen molar-refractivity contribution >= 4 is 6.09 Å². The molecule has 0 saturated carbocycles. The molecule has 102 valence electrons. The van der Waals surface area contributed by atoms with E-state index in [-0.39, 0.29) is 24.8 Å². The van der Waals surface area contributed by atoms with Gasteiger partial charge in [0.05, 0.1) is 12.1 Å². The van der Waals surface area contributed by atoms with E-state index < -0.39 is 6.10 Å². The van der Waals surface area contributed by atoms with Gasteiger partial charge in [0.2, 0.25) is 0 Å². The van der Waals surface area contributed by atoms with Crippen molar-refractivity contribution in [3.63, 3.8) is 0 Å². The number of aliphatic hydroxyl groups is 1. The van der Waals surface area contributed by atoms with Gasteiger partial charge in [0.1, 0.15) is 6.61 Å². The van der Waals surface area contributed by atoms with Crippen LogP contribution in [-0.2, 0) is 11.3 Å². The number of nitrogens with one attached hydrogen (secondary N) is 1. The van der Waals surface area contributed by atoms with Gasteiger partial charge < -0.3 is 20.1 Å². The monoisotopic (exact) mass is 262 g/mol. The van der Waals surface area contributed by atoms with E-state index in [4.69, 9.17) is 4.74 Å². The molecule has 0 radical (unpaired) electrons. The number of hydrogen-bond donors (Lipinski definition) is 2. The summed E-state index contributed by atoms with van der Waals surface area (Å²) in [7, 11) is 0. The predicted octanol–water partition coefficient (Wildman–Crippen LogP) is 0.730. The molecule has 1 aromatic rings. The highest BCUT2D eigenvalue weighted by atomic mass is 16.6. The molecular formula is C14H18N2O3. The molecule has 0 aromatic heterocycles. The third kappa shape index (κ3) is 2.43. The zero-order valence-electron chi connectivity index (χ0n) is 10.7. The minimum Gasteiger partial charge on any atom is -0.445 e. The average Bonchev–Trinajstić information content (AvgIpc) is 3.01. The second kappa shape index (κ2) is 5.19. The highest BCUT2D eigenvalue weighted by Gasteiger charge is 2.45. The number of likely N-dealkylation sites (tertiary alicyclic amines) is 1. The lowest BCUT2D eigenvalue weighted by molar-refractivity contribution is 0.0610. The molecule has 0 unspecified atom stereocenters. The number of amides is 1. The molecule has 3 rings (SSSR count). The molecule has 1 amide bonds. The largest absolute Gasteiger partial charge is 0.445 e. The number of fused-ring (bicyclic) bond motifs is 1. The molecule has 2 saturated heterocycles. The quantitative estimate of drug-likeness (QED) is 0.825. The van der Waals surface area contributed by atoms with Gasteiger partial charge in [-0.1, -0.05) is 30.3 Å². The molecule has 5 nitrogen and oxygen atoms in total. The van der Waals surface area contributed by atoms with Gasteiger partial charge in [0.15, 0.2) is 0 Å². The van der Waals surface area contributed by atoms with E-state index in [0.717, 1.165) is 12.0 Å². The Hall–Kier alpha value is -1.59. The van der Waals surface area contributed by atoms with E-state index in [1.54, 1.807) is 4.90 Å². The summed E-state index contributed by atoms with van der Waals surface area (Å²) in [6.45, 7) is 1.47. The normalized spacial score (nSPS) is 29.3. The number of benzene rings is 1. The SMILES string of the molecule is O=C(OCc1ccccc1)N1CC[C@H]2NC[C@H](O)[C@H]21. The van der Waals surface area contributed by atoms with E-state index in [9.17, 15) is 9.90 Å². The Morgan fingerprint density at radius 1 is 1.42 bits per heavy atom. The summed E-state index contributed by atoms with van der Waals surface area (Å²) in [4.78, 5) is 13.7. The second-order valence-corrected chi connectivity index (χ2v) is 5.09. The molecule has 3 atom stereocenters. The van der Waals surface area contributed by atoms with Crippen LogP contribution < -0.4 is 5.32 Å². The topological polar surface area (TPSA) is 61.8 Å². The molecule has 5 heteroatoms. The summed E-state index contributed by atoms with van der Waals surface area (Å²) in [5, 5.41) is 13.1. The zero-order valence-corrected chi connectivity index (χ0v) is 10.7. The molecule has 19 heavy (non-hydrogen) atoms. The van der Waals surface area contributed by atoms with Crippen molar-refractivity contribution in [3.8, 4) is 0 Å². The lowest BCUT2D eigenvalue weighted by Crippen LogP contribution is -2.44. The number of nitrogens with zero attached hydrogens (tertiary/aromatic N) is 1. The fourth-order valence-electron chi connectivity index (χ4n) is 2.92. The number of rotatable bonds is 2. The highest BCUT2D eigenvalue weighted by molar-refractivity contribution is 5.69. The summed E-state index contributed by atoms with van der Waals surface area (Å²) in [5.41, 5.74) is 0.969. The van der Waals surface area contributed by atoms with Gasteiger partial charge >= 0.3 is 6.09 Å². The van der Waals surface area contributed by atoms with Crippen molar-refractivity contribution in [2.24, 2.45) is 0 Å². The molecule has 2 aliphatic heterocycles. The summed E-state index contributed by atoms with van der Waals surface area (Å²) in [5.74, 6) is 0. The van der Waals surface area contributed by atoms with E-state index in [1.165, 1.54) is 0 Å². The lowest BCUT2D eigenvalue weighted by Gasteiger charge is -2.25. The Bertz CT molecular complexity index is 451. The van der Waals surface area contributed by atoms with Gasteiger partial charge in [-0.2, -0.15) is 0 Å². The van der Waals surface area contributed by atoms with Crippen LogP contribution in [0.25, 0.3) is 0 Å².